The van der Waals surface area contributed by atoms with Crippen molar-refractivity contribution in [3.63, 3.8) is 0 Å². The number of rotatable bonds is 32. The number of aliphatic carboxylic acids is 2. The molecule has 10 atom stereocenters. The van der Waals surface area contributed by atoms with Crippen LogP contribution >= 0.6 is 12.6 Å². The first-order valence-electron chi connectivity index (χ1n) is 24.0. The SMILES string of the molecule is CC[C@H](C)[C@H](NC(=O)[C@H](CCC(=O)O)NC(=O)[C@H](CO)NC(=O)[C@@H](N)CC(N)=O)C(=O)N[C@@H](CC(C)C)C(=O)N[C@@H](CS)C(=O)N1CCC[C@H]1C(=O)NCC(=O)N[C@@H](CC(C)C)C(=O)N[C@H](C(=O)O)C(C)C. The molecule has 0 bridgehead atoms. The van der Waals surface area contributed by atoms with E-state index in [2.05, 4.69) is 55.2 Å². The Morgan fingerprint density at radius 3 is 1.67 bits per heavy atom. The normalized spacial score (nSPS) is 17.1. The highest BCUT2D eigenvalue weighted by Gasteiger charge is 2.40. The number of amides is 10. The van der Waals surface area contributed by atoms with Crippen LogP contribution in [0.15, 0.2) is 0 Å². The molecule has 10 amide bonds. The molecule has 0 radical (unpaired) electrons. The number of aliphatic hydroxyl groups is 1. The highest BCUT2D eigenvalue weighted by molar-refractivity contribution is 7.80. The van der Waals surface area contributed by atoms with E-state index in [-0.39, 0.29) is 43.4 Å². The predicted octanol–water partition coefficient (Wildman–Crippen LogP) is -3.64. The minimum Gasteiger partial charge on any atom is -0.481 e. The lowest BCUT2D eigenvalue weighted by Crippen LogP contribution is -2.61. The van der Waals surface area contributed by atoms with Gasteiger partial charge in [0.05, 0.1) is 25.6 Å². The Morgan fingerprint density at radius 1 is 0.667 bits per heavy atom. The van der Waals surface area contributed by atoms with Gasteiger partial charge in [-0.1, -0.05) is 61.8 Å². The Hall–Kier alpha value is -6.09. The first kappa shape index (κ1) is 63.9. The molecule has 1 saturated heterocycles. The maximum atomic E-state index is 14.0. The van der Waals surface area contributed by atoms with Crippen LogP contribution in [-0.2, 0) is 57.5 Å². The van der Waals surface area contributed by atoms with E-state index in [0.29, 0.717) is 12.8 Å². The van der Waals surface area contributed by atoms with Gasteiger partial charge < -0.3 is 74.2 Å². The van der Waals surface area contributed by atoms with Gasteiger partial charge in [-0.25, -0.2) is 4.79 Å². The van der Waals surface area contributed by atoms with E-state index in [1.54, 1.807) is 55.4 Å². The molecule has 15 N–H and O–H groups in total. The van der Waals surface area contributed by atoms with Crippen molar-refractivity contribution in [3.8, 4) is 0 Å². The average Bonchev–Trinajstić information content (AvgIpc) is 3.79. The van der Waals surface area contributed by atoms with Crippen LogP contribution in [0.25, 0.3) is 0 Å². The molecular weight excluding hydrogens is 967 g/mol. The van der Waals surface area contributed by atoms with E-state index in [1.807, 2.05) is 0 Å². The zero-order chi connectivity index (χ0) is 55.2. The van der Waals surface area contributed by atoms with Crippen molar-refractivity contribution in [2.75, 3.05) is 25.4 Å². The summed E-state index contributed by atoms with van der Waals surface area (Å²) in [6.07, 6.45) is -0.629. The van der Waals surface area contributed by atoms with Gasteiger partial charge in [0.2, 0.25) is 59.1 Å². The number of hydrogen-bond acceptors (Lipinski definition) is 15. The third kappa shape index (κ3) is 21.7. The molecule has 26 nitrogen and oxygen atoms in total. The van der Waals surface area contributed by atoms with Gasteiger partial charge >= 0.3 is 11.9 Å². The Morgan fingerprint density at radius 2 is 1.17 bits per heavy atom. The zero-order valence-electron chi connectivity index (χ0n) is 42.3. The van der Waals surface area contributed by atoms with Crippen molar-refractivity contribution in [1.82, 2.24) is 47.4 Å². The summed E-state index contributed by atoms with van der Waals surface area (Å²) in [5.74, 6) is -12.8. The molecule has 0 spiro atoms. The Balaban J connectivity index is 3.22. The Kier molecular flexibility index (Phi) is 27.9. The second-order valence-electron chi connectivity index (χ2n) is 19.0. The molecule has 0 aromatic rings. The lowest BCUT2D eigenvalue weighted by atomic mass is 9.96. The number of hydrogen-bond donors (Lipinski definition) is 14. The number of carbonyl (C=O) groups excluding carboxylic acids is 10. The fraction of sp³-hybridized carbons (Fsp3) is 0.733. The molecule has 408 valence electrons. The van der Waals surface area contributed by atoms with Crippen LogP contribution in [-0.4, -0.2) is 171 Å². The number of carboxylic acids is 2. The van der Waals surface area contributed by atoms with Crippen LogP contribution in [0.3, 0.4) is 0 Å². The number of nitrogens with one attached hydrogen (secondary N) is 8. The highest BCUT2D eigenvalue weighted by atomic mass is 32.1. The Bertz CT molecular complexity index is 1940. The van der Waals surface area contributed by atoms with Crippen molar-refractivity contribution in [2.45, 2.75) is 161 Å². The molecule has 1 aliphatic heterocycles. The fourth-order valence-electron chi connectivity index (χ4n) is 7.47. The molecular formula is C45H77N11O15S. The van der Waals surface area contributed by atoms with E-state index >= 15 is 0 Å². The summed E-state index contributed by atoms with van der Waals surface area (Å²) in [4.78, 5) is 157. The summed E-state index contributed by atoms with van der Waals surface area (Å²) in [6.45, 7) is 12.2. The van der Waals surface area contributed by atoms with Crippen molar-refractivity contribution < 1.29 is 72.9 Å². The molecule has 27 heteroatoms. The van der Waals surface area contributed by atoms with Gasteiger partial charge in [-0.2, -0.15) is 12.6 Å². The molecule has 72 heavy (non-hydrogen) atoms. The molecule has 1 heterocycles. The number of carbonyl (C=O) groups is 12. The van der Waals surface area contributed by atoms with Gasteiger partial charge in [-0.3, -0.25) is 52.7 Å². The lowest BCUT2D eigenvalue weighted by Gasteiger charge is -2.31. The number of carboxylic acid groups (broad SMARTS) is 2. The van der Waals surface area contributed by atoms with Gasteiger partial charge in [0, 0.05) is 18.7 Å². The van der Waals surface area contributed by atoms with E-state index in [4.69, 9.17) is 11.5 Å². The van der Waals surface area contributed by atoms with Crippen LogP contribution in [0.5, 0.6) is 0 Å². The summed E-state index contributed by atoms with van der Waals surface area (Å²) < 4.78 is 0. The Labute approximate surface area is 424 Å². The first-order valence-corrected chi connectivity index (χ1v) is 24.6. The minimum atomic E-state index is -1.71. The number of likely N-dealkylation sites (tertiary alicyclic amines) is 1. The number of nitrogens with zero attached hydrogens (tertiary/aromatic N) is 1. The molecule has 0 aliphatic carbocycles. The largest absolute Gasteiger partial charge is 0.481 e. The topological polar surface area (TPSA) is 417 Å². The summed E-state index contributed by atoms with van der Waals surface area (Å²) in [5, 5.41) is 48.4. The predicted molar refractivity (Wildman–Crippen MR) is 262 cm³/mol. The smallest absolute Gasteiger partial charge is 0.326 e. The van der Waals surface area contributed by atoms with E-state index < -0.39 is 170 Å². The van der Waals surface area contributed by atoms with Crippen molar-refractivity contribution >= 4 is 83.6 Å². The van der Waals surface area contributed by atoms with Crippen molar-refractivity contribution in [3.05, 3.63) is 0 Å². The van der Waals surface area contributed by atoms with E-state index in [9.17, 15) is 72.9 Å². The van der Waals surface area contributed by atoms with Gasteiger partial charge in [0.25, 0.3) is 0 Å². The van der Waals surface area contributed by atoms with Crippen LogP contribution in [0, 0.1) is 23.7 Å². The van der Waals surface area contributed by atoms with E-state index in [1.165, 1.54) is 4.90 Å². The van der Waals surface area contributed by atoms with E-state index in [0.717, 1.165) is 0 Å². The third-order valence-electron chi connectivity index (χ3n) is 11.6. The third-order valence-corrected chi connectivity index (χ3v) is 12.0. The average molecular weight is 1040 g/mol. The number of nitrogens with two attached hydrogens (primary N) is 2. The van der Waals surface area contributed by atoms with Crippen LogP contribution in [0.4, 0.5) is 0 Å². The molecule has 1 aliphatic rings. The monoisotopic (exact) mass is 1040 g/mol. The number of aliphatic hydroxyl groups excluding tert-OH is 1. The molecule has 0 saturated carbocycles. The molecule has 0 aromatic heterocycles. The standard InChI is InChI=1S/C45H77N11O15S/c1-9-24(8)36(55-38(63)26(12-13-34(60)61)50-41(66)29(19-57)52-37(62)25(46)17-32(47)58)43(68)51-28(16-22(4)5)39(64)53-30(20-72)44(69)56-14-10-11-31(56)42(67)48-18-33(59)49-27(15-21(2)3)40(65)54-35(23(6)7)45(70)71/h21-31,35-36,57,72H,9-20,46H2,1-8H3,(H2,47,58)(H,48,67)(H,49,59)(H,50,66)(H,51,68)(H,52,62)(H,53,64)(H,54,65)(H,55,63)(H,60,61)(H,70,71)/t24-,25-,26-,27-,28-,29-,30-,31-,35-,36-/m0/s1. The molecule has 0 unspecified atom stereocenters. The van der Waals surface area contributed by atoms with Gasteiger partial charge in [0.15, 0.2) is 0 Å². The summed E-state index contributed by atoms with van der Waals surface area (Å²) in [5.41, 5.74) is 10.7. The zero-order valence-corrected chi connectivity index (χ0v) is 43.2. The maximum absolute atomic E-state index is 14.0. The van der Waals surface area contributed by atoms with Gasteiger partial charge in [0.1, 0.15) is 48.3 Å². The van der Waals surface area contributed by atoms with Crippen LogP contribution in [0.2, 0.25) is 0 Å². The number of primary amides is 1. The second-order valence-corrected chi connectivity index (χ2v) is 19.4. The van der Waals surface area contributed by atoms with Crippen molar-refractivity contribution in [2.24, 2.45) is 35.1 Å². The minimum absolute atomic E-state index is 0.0370. The molecule has 1 rings (SSSR count). The fourth-order valence-corrected chi connectivity index (χ4v) is 7.72. The second kappa shape index (κ2) is 31.4. The molecule has 0 aromatic carbocycles. The van der Waals surface area contributed by atoms with Crippen LogP contribution < -0.4 is 54.0 Å². The first-order chi connectivity index (χ1) is 33.6. The lowest BCUT2D eigenvalue weighted by molar-refractivity contribution is -0.143. The summed E-state index contributed by atoms with van der Waals surface area (Å²) >= 11 is 4.29. The molecule has 1 fully saturated rings. The quantitative estimate of drug-likeness (QED) is 0.0289. The van der Waals surface area contributed by atoms with Gasteiger partial charge in [-0.05, 0) is 55.8 Å². The number of thiol groups is 1. The summed E-state index contributed by atoms with van der Waals surface area (Å²) in [6, 6.07) is -12.2. The summed E-state index contributed by atoms with van der Waals surface area (Å²) in [7, 11) is 0. The highest BCUT2D eigenvalue weighted by Crippen LogP contribution is 2.20. The van der Waals surface area contributed by atoms with Gasteiger partial charge in [-0.15, -0.1) is 0 Å². The van der Waals surface area contributed by atoms with Crippen molar-refractivity contribution in [1.29, 1.82) is 0 Å². The maximum Gasteiger partial charge on any atom is 0.326 e. The van der Waals surface area contributed by atoms with Crippen LogP contribution in [0.1, 0.15) is 107 Å².